The highest BCUT2D eigenvalue weighted by atomic mass is 16.3. The van der Waals surface area contributed by atoms with Gasteiger partial charge in [-0.1, -0.05) is 30.3 Å². The Morgan fingerprint density at radius 1 is 1.26 bits per heavy atom. The fourth-order valence-electron chi connectivity index (χ4n) is 1.78. The SMILES string of the molecule is CC(=O)/C=C/c1ccc(CC(O)c2ccccc2)o1. The summed E-state index contributed by atoms with van der Waals surface area (Å²) >= 11 is 0. The van der Waals surface area contributed by atoms with Gasteiger partial charge in [0.2, 0.25) is 0 Å². The second kappa shape index (κ2) is 6.16. The molecule has 0 amide bonds. The number of furan rings is 1. The zero-order chi connectivity index (χ0) is 13.7. The van der Waals surface area contributed by atoms with Crippen LogP contribution in [0.25, 0.3) is 6.08 Å². The summed E-state index contributed by atoms with van der Waals surface area (Å²) in [6.07, 6.45) is 2.91. The van der Waals surface area contributed by atoms with Gasteiger partial charge in [0.05, 0.1) is 6.10 Å². The molecule has 0 spiro atoms. The zero-order valence-electron chi connectivity index (χ0n) is 10.7. The maximum Gasteiger partial charge on any atom is 0.152 e. The van der Waals surface area contributed by atoms with E-state index in [0.29, 0.717) is 17.9 Å². The Bertz CT molecular complexity index is 567. The lowest BCUT2D eigenvalue weighted by atomic mass is 10.1. The van der Waals surface area contributed by atoms with Crippen molar-refractivity contribution in [3.8, 4) is 0 Å². The fourth-order valence-corrected chi connectivity index (χ4v) is 1.78. The Morgan fingerprint density at radius 3 is 2.68 bits per heavy atom. The maximum absolute atomic E-state index is 10.8. The van der Waals surface area contributed by atoms with Crippen LogP contribution in [0, 0.1) is 0 Å². The van der Waals surface area contributed by atoms with Crippen LogP contribution in [-0.2, 0) is 11.2 Å². The van der Waals surface area contributed by atoms with Gasteiger partial charge in [0.25, 0.3) is 0 Å². The van der Waals surface area contributed by atoms with Crippen molar-refractivity contribution in [2.24, 2.45) is 0 Å². The summed E-state index contributed by atoms with van der Waals surface area (Å²) in [7, 11) is 0. The predicted octanol–water partition coefficient (Wildman–Crippen LogP) is 3.16. The molecule has 1 unspecified atom stereocenters. The molecule has 2 aromatic rings. The summed E-state index contributed by atoms with van der Waals surface area (Å²) < 4.78 is 5.53. The average Bonchev–Trinajstić information content (AvgIpc) is 2.85. The van der Waals surface area contributed by atoms with E-state index >= 15 is 0 Å². The van der Waals surface area contributed by atoms with Gasteiger partial charge in [-0.05, 0) is 36.8 Å². The topological polar surface area (TPSA) is 50.4 Å². The van der Waals surface area contributed by atoms with Crippen LogP contribution in [0.4, 0.5) is 0 Å². The number of carbonyl (C=O) groups excluding carboxylic acids is 1. The Morgan fingerprint density at radius 2 is 2.00 bits per heavy atom. The van der Waals surface area contributed by atoms with Crippen molar-refractivity contribution in [3.05, 3.63) is 65.6 Å². The summed E-state index contributed by atoms with van der Waals surface area (Å²) in [5.74, 6) is 1.28. The molecule has 1 N–H and O–H groups in total. The molecule has 0 fully saturated rings. The fraction of sp³-hybridized carbons (Fsp3) is 0.188. The van der Waals surface area contributed by atoms with Crippen molar-refractivity contribution in [2.75, 3.05) is 0 Å². The second-order valence-corrected chi connectivity index (χ2v) is 4.38. The Balaban J connectivity index is 2.02. The van der Waals surface area contributed by atoms with Crippen molar-refractivity contribution < 1.29 is 14.3 Å². The maximum atomic E-state index is 10.8. The van der Waals surface area contributed by atoms with Gasteiger partial charge in [-0.3, -0.25) is 4.79 Å². The summed E-state index contributed by atoms with van der Waals surface area (Å²) in [5, 5.41) is 10.1. The number of ketones is 1. The van der Waals surface area contributed by atoms with Crippen molar-refractivity contribution in [3.63, 3.8) is 0 Å². The third kappa shape index (κ3) is 3.93. The van der Waals surface area contributed by atoms with Crippen molar-refractivity contribution in [2.45, 2.75) is 19.4 Å². The minimum Gasteiger partial charge on any atom is -0.462 e. The van der Waals surface area contributed by atoms with Gasteiger partial charge in [0.15, 0.2) is 5.78 Å². The molecule has 1 aromatic heterocycles. The number of hydrogen-bond acceptors (Lipinski definition) is 3. The quantitative estimate of drug-likeness (QED) is 0.836. The minimum absolute atomic E-state index is 0.0257. The number of rotatable bonds is 5. The van der Waals surface area contributed by atoms with Crippen molar-refractivity contribution in [1.82, 2.24) is 0 Å². The number of benzene rings is 1. The van der Waals surface area contributed by atoms with Crippen LogP contribution in [0.1, 0.15) is 30.1 Å². The number of hydrogen-bond donors (Lipinski definition) is 1. The molecule has 0 radical (unpaired) electrons. The van der Waals surface area contributed by atoms with Crippen molar-refractivity contribution >= 4 is 11.9 Å². The van der Waals surface area contributed by atoms with E-state index in [4.69, 9.17) is 4.42 Å². The molecule has 2 rings (SSSR count). The Hall–Kier alpha value is -2.13. The molecule has 19 heavy (non-hydrogen) atoms. The van der Waals surface area contributed by atoms with Gasteiger partial charge in [-0.25, -0.2) is 0 Å². The monoisotopic (exact) mass is 256 g/mol. The lowest BCUT2D eigenvalue weighted by Crippen LogP contribution is -2.00. The molecule has 0 aliphatic heterocycles. The van der Waals surface area contributed by atoms with Crippen LogP contribution in [0.3, 0.4) is 0 Å². The van der Waals surface area contributed by atoms with E-state index in [1.807, 2.05) is 36.4 Å². The number of allylic oxidation sites excluding steroid dienone is 1. The molecule has 3 nitrogen and oxygen atoms in total. The molecule has 1 aromatic carbocycles. The molecule has 0 aliphatic carbocycles. The van der Waals surface area contributed by atoms with E-state index in [2.05, 4.69) is 0 Å². The van der Waals surface area contributed by atoms with Crippen LogP contribution in [0.15, 0.2) is 53.0 Å². The van der Waals surface area contributed by atoms with Gasteiger partial charge in [0, 0.05) is 6.42 Å². The van der Waals surface area contributed by atoms with Crippen LogP contribution >= 0.6 is 0 Å². The summed E-state index contributed by atoms with van der Waals surface area (Å²) in [5.41, 5.74) is 0.861. The van der Waals surface area contributed by atoms with Gasteiger partial charge in [0.1, 0.15) is 11.5 Å². The summed E-state index contributed by atoms with van der Waals surface area (Å²) in [6.45, 7) is 1.49. The first-order chi connectivity index (χ1) is 9.15. The van der Waals surface area contributed by atoms with Gasteiger partial charge in [-0.15, -0.1) is 0 Å². The minimum atomic E-state index is -0.586. The van der Waals surface area contributed by atoms with Crippen LogP contribution in [0.5, 0.6) is 0 Å². The molecule has 0 aliphatic rings. The van der Waals surface area contributed by atoms with E-state index in [1.54, 1.807) is 12.1 Å². The third-order valence-electron chi connectivity index (χ3n) is 2.74. The lowest BCUT2D eigenvalue weighted by molar-refractivity contribution is -0.112. The molecule has 1 atom stereocenters. The van der Waals surface area contributed by atoms with Crippen molar-refractivity contribution in [1.29, 1.82) is 0 Å². The first-order valence-corrected chi connectivity index (χ1v) is 6.15. The largest absolute Gasteiger partial charge is 0.462 e. The third-order valence-corrected chi connectivity index (χ3v) is 2.74. The van der Waals surface area contributed by atoms with E-state index < -0.39 is 6.10 Å². The highest BCUT2D eigenvalue weighted by Crippen LogP contribution is 2.20. The molecule has 0 bridgehead atoms. The van der Waals surface area contributed by atoms with Crippen LogP contribution in [-0.4, -0.2) is 10.9 Å². The molecule has 0 saturated heterocycles. The lowest BCUT2D eigenvalue weighted by Gasteiger charge is -2.08. The molecule has 98 valence electrons. The smallest absolute Gasteiger partial charge is 0.152 e. The van der Waals surface area contributed by atoms with Gasteiger partial charge < -0.3 is 9.52 Å². The average molecular weight is 256 g/mol. The number of aliphatic hydroxyl groups excluding tert-OH is 1. The van der Waals surface area contributed by atoms with E-state index in [9.17, 15) is 9.90 Å². The number of aliphatic hydroxyl groups is 1. The first-order valence-electron chi connectivity index (χ1n) is 6.15. The van der Waals surface area contributed by atoms with E-state index in [1.165, 1.54) is 13.0 Å². The molecular formula is C16H16O3. The number of carbonyl (C=O) groups is 1. The molecule has 3 heteroatoms. The van der Waals surface area contributed by atoms with Gasteiger partial charge >= 0.3 is 0 Å². The van der Waals surface area contributed by atoms with Crippen LogP contribution in [0.2, 0.25) is 0 Å². The molecule has 1 heterocycles. The van der Waals surface area contributed by atoms with Crippen LogP contribution < -0.4 is 0 Å². The molecular weight excluding hydrogens is 240 g/mol. The predicted molar refractivity (Wildman–Crippen MR) is 73.5 cm³/mol. The molecule has 0 saturated carbocycles. The highest BCUT2D eigenvalue weighted by Gasteiger charge is 2.10. The summed E-state index contributed by atoms with van der Waals surface area (Å²) in [4.78, 5) is 10.8. The zero-order valence-corrected chi connectivity index (χ0v) is 10.7. The van der Waals surface area contributed by atoms with E-state index in [0.717, 1.165) is 5.56 Å². The Kier molecular flexibility index (Phi) is 4.31. The second-order valence-electron chi connectivity index (χ2n) is 4.38. The standard InChI is InChI=1S/C16H16O3/c1-12(17)7-8-14-9-10-15(19-14)11-16(18)13-5-3-2-4-6-13/h2-10,16,18H,11H2,1H3/b8-7+. The summed E-state index contributed by atoms with van der Waals surface area (Å²) in [6, 6.07) is 13.0. The Labute approximate surface area is 112 Å². The normalized spacial score (nSPS) is 12.7. The van der Waals surface area contributed by atoms with Gasteiger partial charge in [-0.2, -0.15) is 0 Å². The highest BCUT2D eigenvalue weighted by molar-refractivity contribution is 5.91. The first kappa shape index (κ1) is 13.3. The van der Waals surface area contributed by atoms with E-state index in [-0.39, 0.29) is 5.78 Å².